The third-order valence-electron chi connectivity index (χ3n) is 13.5. The highest BCUT2D eigenvalue weighted by Gasteiger charge is 2.49. The number of primary amides is 1. The van der Waals surface area contributed by atoms with Gasteiger partial charge in [-0.25, -0.2) is 4.79 Å². The number of amides is 6. The van der Waals surface area contributed by atoms with E-state index < -0.39 is 165 Å². The second kappa shape index (κ2) is 33.5. The molecule has 1 aliphatic carbocycles. The van der Waals surface area contributed by atoms with Gasteiger partial charge in [-0.3, -0.25) is 43.3 Å². The zero-order valence-corrected chi connectivity index (χ0v) is 44.3. The lowest BCUT2D eigenvalue weighted by Crippen LogP contribution is -2.61. The molecule has 1 fully saturated rings. The van der Waals surface area contributed by atoms with Crippen LogP contribution < -0.4 is 43.8 Å². The molecule has 1 aliphatic rings. The molecule has 2 unspecified atom stereocenters. The summed E-state index contributed by atoms with van der Waals surface area (Å²) in [6.07, 6.45) is -7.72. The number of urea groups is 1. The molecule has 9 atom stereocenters. The highest BCUT2D eigenvalue weighted by molar-refractivity contribution is 5.98. The van der Waals surface area contributed by atoms with Gasteiger partial charge in [-0.05, 0) is 74.1 Å². The molecule has 3 rings (SSSR count). The molecular formula is C53H79N9O17. The average molecular weight is 1110 g/mol. The first-order valence-electron chi connectivity index (χ1n) is 26.2. The monoisotopic (exact) mass is 1110 g/mol. The number of guanidine groups is 1. The number of phenols is 1. The summed E-state index contributed by atoms with van der Waals surface area (Å²) in [7, 11) is 0. The number of aliphatic hydroxyl groups excluding tert-OH is 6. The molecule has 79 heavy (non-hydrogen) atoms. The van der Waals surface area contributed by atoms with Crippen molar-refractivity contribution in [2.24, 2.45) is 39.9 Å². The van der Waals surface area contributed by atoms with Crippen LogP contribution in [0.2, 0.25) is 0 Å². The lowest BCUT2D eigenvalue weighted by molar-refractivity contribution is -0.174. The molecule has 2 aromatic rings. The number of phenolic OH excluding ortho intramolecular Hbond substituents is 1. The predicted molar refractivity (Wildman–Crippen MR) is 284 cm³/mol. The fourth-order valence-corrected chi connectivity index (χ4v) is 9.00. The zero-order chi connectivity index (χ0) is 58.8. The topological polar surface area (TPSA) is 466 Å². The number of ketones is 4. The van der Waals surface area contributed by atoms with Crippen molar-refractivity contribution in [1.29, 1.82) is 0 Å². The number of aromatic hydroxyl groups is 1. The fourth-order valence-electron chi connectivity index (χ4n) is 9.00. The van der Waals surface area contributed by atoms with Gasteiger partial charge in [0.05, 0.1) is 62.0 Å². The number of nitrogens with one attached hydrogen (secondary N) is 5. The maximum atomic E-state index is 14.0. The molecule has 6 amide bonds. The number of nitrogens with two attached hydrogens (primary N) is 3. The number of hydrogen-bond donors (Lipinski definition) is 16. The maximum absolute atomic E-state index is 14.0. The molecule has 0 aromatic heterocycles. The Hall–Kier alpha value is -6.94. The summed E-state index contributed by atoms with van der Waals surface area (Å²) in [6.45, 7) is -1.16. The predicted octanol–water partition coefficient (Wildman–Crippen LogP) is -3.31. The van der Waals surface area contributed by atoms with Crippen LogP contribution in [0, 0.1) is 17.8 Å². The van der Waals surface area contributed by atoms with Gasteiger partial charge in [-0.15, -0.1) is 0 Å². The SMILES string of the molecule is C[C@@H](CC(=O)[C@H](CCc1ccccc1)NC(=O)CCC(=O)[C@H](CCCNC(N)=O)NC(=O)[C@H](CO)CC(=O)[C@H](CCCN=C(N)N)NC(=O)[C@@H](CO)CC(=O)[C@@H](CO)NC(=O)C1(O)CC(O)C(O)C(O)C1)Cc1ccc(O)cc1. The van der Waals surface area contributed by atoms with Crippen LogP contribution in [0.3, 0.4) is 0 Å². The van der Waals surface area contributed by atoms with Crippen molar-refractivity contribution in [3.63, 3.8) is 0 Å². The van der Waals surface area contributed by atoms with Gasteiger partial charge in [0, 0.05) is 58.0 Å². The molecule has 1 saturated carbocycles. The van der Waals surface area contributed by atoms with E-state index in [0.717, 1.165) is 11.1 Å². The molecule has 0 bridgehead atoms. The molecule has 438 valence electrons. The lowest BCUT2D eigenvalue weighted by atomic mass is 9.79. The summed E-state index contributed by atoms with van der Waals surface area (Å²) < 4.78 is 0. The Morgan fingerprint density at radius 2 is 1.16 bits per heavy atom. The number of aliphatic imine (C=N–C) groups is 1. The second-order valence-electron chi connectivity index (χ2n) is 20.1. The van der Waals surface area contributed by atoms with Crippen molar-refractivity contribution >= 4 is 58.8 Å². The molecule has 0 radical (unpaired) electrons. The molecule has 0 aliphatic heterocycles. The molecule has 0 heterocycles. The highest BCUT2D eigenvalue weighted by Crippen LogP contribution is 2.30. The minimum atomic E-state index is -2.47. The van der Waals surface area contributed by atoms with E-state index in [-0.39, 0.29) is 75.0 Å². The number of Topliss-reactive ketones (excluding diaryl/α,β-unsaturated/α-hetero) is 4. The van der Waals surface area contributed by atoms with Gasteiger partial charge in [-0.1, -0.05) is 49.4 Å². The van der Waals surface area contributed by atoms with E-state index in [4.69, 9.17) is 17.2 Å². The first-order valence-corrected chi connectivity index (χ1v) is 26.2. The largest absolute Gasteiger partial charge is 0.508 e. The molecule has 26 nitrogen and oxygen atoms in total. The number of hydrogen-bond acceptors (Lipinski definition) is 18. The third-order valence-corrected chi connectivity index (χ3v) is 13.5. The van der Waals surface area contributed by atoms with Crippen LogP contribution in [0.4, 0.5) is 4.79 Å². The average Bonchev–Trinajstić information content (AvgIpc) is 3.42. The first kappa shape index (κ1) is 66.3. The summed E-state index contributed by atoms with van der Waals surface area (Å²) in [6, 6.07) is 9.63. The minimum absolute atomic E-state index is 0.0180. The number of carbonyl (C=O) groups is 9. The summed E-state index contributed by atoms with van der Waals surface area (Å²) in [4.78, 5) is 124. The van der Waals surface area contributed by atoms with Gasteiger partial charge in [0.15, 0.2) is 29.1 Å². The first-order chi connectivity index (χ1) is 37.4. The van der Waals surface area contributed by atoms with Crippen molar-refractivity contribution in [2.45, 2.75) is 145 Å². The van der Waals surface area contributed by atoms with Crippen LogP contribution in [0.25, 0.3) is 0 Å². The molecular weight excluding hydrogens is 1030 g/mol. The van der Waals surface area contributed by atoms with E-state index in [2.05, 4.69) is 31.6 Å². The van der Waals surface area contributed by atoms with Crippen LogP contribution in [0.15, 0.2) is 59.6 Å². The number of nitrogens with zero attached hydrogens (tertiary/aromatic N) is 1. The van der Waals surface area contributed by atoms with Gasteiger partial charge >= 0.3 is 6.03 Å². The molecule has 0 spiro atoms. The van der Waals surface area contributed by atoms with Crippen molar-refractivity contribution in [3.8, 4) is 5.75 Å². The summed E-state index contributed by atoms with van der Waals surface area (Å²) >= 11 is 0. The number of aryl methyl sites for hydroxylation is 1. The van der Waals surface area contributed by atoms with Crippen LogP contribution in [0.5, 0.6) is 5.75 Å². The van der Waals surface area contributed by atoms with Crippen molar-refractivity contribution in [3.05, 3.63) is 65.7 Å². The Labute approximate surface area is 457 Å². The van der Waals surface area contributed by atoms with E-state index in [1.807, 2.05) is 37.3 Å². The van der Waals surface area contributed by atoms with E-state index in [1.54, 1.807) is 24.3 Å². The minimum Gasteiger partial charge on any atom is -0.508 e. The zero-order valence-electron chi connectivity index (χ0n) is 44.3. The van der Waals surface area contributed by atoms with E-state index in [0.29, 0.717) is 12.8 Å². The summed E-state index contributed by atoms with van der Waals surface area (Å²) in [5.41, 5.74) is 15.4. The van der Waals surface area contributed by atoms with Gasteiger partial charge in [0.25, 0.3) is 5.91 Å². The molecule has 0 saturated heterocycles. The van der Waals surface area contributed by atoms with Crippen LogP contribution in [-0.4, -0.2) is 181 Å². The smallest absolute Gasteiger partial charge is 0.312 e. The Balaban J connectivity index is 1.73. The fraction of sp³-hybridized carbons (Fsp3) is 0.585. The highest BCUT2D eigenvalue weighted by atomic mass is 16.4. The molecule has 19 N–H and O–H groups in total. The standard InChI is InChI=1S/C53H79N9O17/c1-30(21-32-11-14-35(66)15-12-32)22-41(68)38(16-13-31-7-3-2-4-8-31)59-46(73)18-17-40(67)36(9-6-20-58-52(56)78)60-48(75)33(27-63)23-42(69)37(10-5-19-57-51(54)55)61-49(76)34(28-64)24-43(70)39(29-65)62-50(77)53(79)25-44(71)47(74)45(72)26-53/h2-4,7-8,11-12,14-15,30,33-34,36-39,44-45,47,63-66,71-72,74,79H,5-6,9-10,13,16-29H2,1H3,(H,59,73)(H,60,75)(H,61,76)(H,62,77)(H4,54,55,57)(H3,56,58,78)/t30-,33+,34-,36+,37+,38+,39-,44?,45?,47?,53?/m1/s1. The van der Waals surface area contributed by atoms with Crippen LogP contribution in [0.1, 0.15) is 95.1 Å². The Kier molecular flexibility index (Phi) is 28.1. The second-order valence-corrected chi connectivity index (χ2v) is 20.1. The van der Waals surface area contributed by atoms with Gasteiger partial charge in [0.1, 0.15) is 23.5 Å². The lowest BCUT2D eigenvalue weighted by Gasteiger charge is -2.39. The van der Waals surface area contributed by atoms with Crippen molar-refractivity contribution < 1.29 is 84.0 Å². The summed E-state index contributed by atoms with van der Waals surface area (Å²) in [5.74, 6) is -10.1. The normalized spacial score (nSPS) is 19.6. The van der Waals surface area contributed by atoms with Crippen molar-refractivity contribution in [1.82, 2.24) is 26.6 Å². The maximum Gasteiger partial charge on any atom is 0.312 e. The van der Waals surface area contributed by atoms with Crippen LogP contribution in [-0.2, 0) is 51.2 Å². The van der Waals surface area contributed by atoms with E-state index >= 15 is 0 Å². The quantitative estimate of drug-likeness (QED) is 0.0180. The van der Waals surface area contributed by atoms with Crippen molar-refractivity contribution in [2.75, 3.05) is 32.9 Å². The Bertz CT molecular complexity index is 2360. The van der Waals surface area contributed by atoms with Gasteiger partial charge < -0.3 is 84.6 Å². The molecule has 26 heteroatoms. The Morgan fingerprint density at radius 3 is 1.71 bits per heavy atom. The van der Waals surface area contributed by atoms with E-state index in [9.17, 15) is 84.0 Å². The van der Waals surface area contributed by atoms with E-state index in [1.165, 1.54) is 0 Å². The molecule has 2 aromatic carbocycles. The number of rotatable bonds is 36. The van der Waals surface area contributed by atoms with Gasteiger partial charge in [-0.2, -0.15) is 0 Å². The number of carbonyl (C=O) groups excluding carboxylic acids is 9. The Morgan fingerprint density at radius 1 is 0.633 bits per heavy atom. The number of benzene rings is 2. The summed E-state index contributed by atoms with van der Waals surface area (Å²) in [5, 5.41) is 93.2. The third kappa shape index (κ3) is 23.1. The van der Waals surface area contributed by atoms with Crippen LogP contribution >= 0.6 is 0 Å². The van der Waals surface area contributed by atoms with Gasteiger partial charge in [0.2, 0.25) is 17.7 Å². The number of aliphatic hydroxyl groups is 7.